The van der Waals surface area contributed by atoms with E-state index in [4.69, 9.17) is 0 Å². The second kappa shape index (κ2) is 5.51. The van der Waals surface area contributed by atoms with Gasteiger partial charge in [0.25, 0.3) is 11.4 Å². The third-order valence-corrected chi connectivity index (χ3v) is 3.53. The quantitative estimate of drug-likeness (QED) is 0.602. The van der Waals surface area contributed by atoms with E-state index in [1.54, 1.807) is 0 Å². The number of benzene rings is 1. The Morgan fingerprint density at radius 2 is 1.95 bits per heavy atom. The molecule has 1 aromatic rings. The van der Waals surface area contributed by atoms with Gasteiger partial charge in [-0.1, -0.05) is 0 Å². The van der Waals surface area contributed by atoms with Crippen molar-refractivity contribution in [2.75, 3.05) is 6.54 Å². The molecule has 0 atom stereocenters. The van der Waals surface area contributed by atoms with Crippen LogP contribution in [-0.2, 0) is 6.54 Å². The van der Waals surface area contributed by atoms with Crippen LogP contribution in [0.15, 0.2) is 18.2 Å². The van der Waals surface area contributed by atoms with E-state index in [1.165, 1.54) is 12.1 Å². The number of nitro groups is 2. The number of hydrogen-bond acceptors (Lipinski definition) is 6. The van der Waals surface area contributed by atoms with Crippen molar-refractivity contribution >= 4 is 11.4 Å². The zero-order valence-electron chi connectivity index (χ0n) is 10.7. The summed E-state index contributed by atoms with van der Waals surface area (Å²) in [5, 5.41) is 34.4. The van der Waals surface area contributed by atoms with Gasteiger partial charge < -0.3 is 10.4 Å². The van der Waals surface area contributed by atoms with E-state index in [1.807, 2.05) is 0 Å². The maximum absolute atomic E-state index is 10.9. The molecule has 0 aromatic heterocycles. The third kappa shape index (κ3) is 3.09. The number of non-ortho nitro benzene ring substituents is 1. The first-order chi connectivity index (χ1) is 9.41. The zero-order chi connectivity index (χ0) is 14.8. The molecule has 0 heterocycles. The Labute approximate surface area is 114 Å². The Bertz CT molecular complexity index is 542. The van der Waals surface area contributed by atoms with Gasteiger partial charge in [-0.2, -0.15) is 0 Å². The highest BCUT2D eigenvalue weighted by molar-refractivity contribution is 5.49. The SMILES string of the molecule is O=[N+]([O-])c1ccc(CNCC2(O)CCC2)c([N+](=O)[O-])c1. The molecule has 0 aliphatic heterocycles. The Balaban J connectivity index is 2.06. The van der Waals surface area contributed by atoms with Gasteiger partial charge in [0.1, 0.15) is 0 Å². The Morgan fingerprint density at radius 1 is 1.25 bits per heavy atom. The number of nitrogens with one attached hydrogen (secondary N) is 1. The van der Waals surface area contributed by atoms with Crippen molar-refractivity contribution in [3.63, 3.8) is 0 Å². The van der Waals surface area contributed by atoms with E-state index >= 15 is 0 Å². The molecular weight excluding hydrogens is 266 g/mol. The molecular formula is C12H15N3O5. The number of hydrogen-bond donors (Lipinski definition) is 2. The average Bonchev–Trinajstić information content (AvgIpc) is 2.36. The van der Waals surface area contributed by atoms with Crippen molar-refractivity contribution in [1.82, 2.24) is 5.32 Å². The van der Waals surface area contributed by atoms with Gasteiger partial charge in [0.15, 0.2) is 0 Å². The summed E-state index contributed by atoms with van der Waals surface area (Å²) in [6, 6.07) is 3.56. The van der Waals surface area contributed by atoms with Gasteiger partial charge in [0.05, 0.1) is 21.5 Å². The van der Waals surface area contributed by atoms with Gasteiger partial charge in [0, 0.05) is 24.7 Å². The second-order valence-electron chi connectivity index (χ2n) is 5.01. The van der Waals surface area contributed by atoms with E-state index in [-0.39, 0.29) is 17.9 Å². The molecule has 1 aromatic carbocycles. The smallest absolute Gasteiger partial charge is 0.280 e. The van der Waals surface area contributed by atoms with Crippen LogP contribution in [0.25, 0.3) is 0 Å². The fourth-order valence-electron chi connectivity index (χ4n) is 2.18. The van der Waals surface area contributed by atoms with Gasteiger partial charge in [-0.3, -0.25) is 20.2 Å². The molecule has 0 amide bonds. The lowest BCUT2D eigenvalue weighted by atomic mass is 9.80. The molecule has 2 N–H and O–H groups in total. The summed E-state index contributed by atoms with van der Waals surface area (Å²) in [5.41, 5.74) is -0.941. The van der Waals surface area contributed by atoms with Gasteiger partial charge in [-0.15, -0.1) is 0 Å². The summed E-state index contributed by atoms with van der Waals surface area (Å²) in [6.45, 7) is 0.553. The molecule has 1 fully saturated rings. The van der Waals surface area contributed by atoms with Crippen LogP contribution in [-0.4, -0.2) is 27.1 Å². The van der Waals surface area contributed by atoms with E-state index < -0.39 is 15.4 Å². The van der Waals surface area contributed by atoms with Crippen LogP contribution in [0.4, 0.5) is 11.4 Å². The number of aliphatic hydroxyl groups is 1. The zero-order valence-corrected chi connectivity index (χ0v) is 10.7. The van der Waals surface area contributed by atoms with Crippen LogP contribution in [0, 0.1) is 20.2 Å². The first-order valence-electron chi connectivity index (χ1n) is 6.26. The standard InChI is InChI=1S/C12H15N3O5/c16-12(4-1-5-12)8-13-7-9-2-3-10(14(17)18)6-11(9)15(19)20/h2-3,6,13,16H,1,4-5,7-8H2. The summed E-state index contributed by atoms with van der Waals surface area (Å²) >= 11 is 0. The maximum atomic E-state index is 10.9. The second-order valence-corrected chi connectivity index (χ2v) is 5.01. The van der Waals surface area contributed by atoms with Crippen LogP contribution in [0.2, 0.25) is 0 Å². The molecule has 1 aliphatic rings. The topological polar surface area (TPSA) is 119 Å². The molecule has 1 aliphatic carbocycles. The van der Waals surface area contributed by atoms with Crippen LogP contribution in [0.5, 0.6) is 0 Å². The number of nitrogens with zero attached hydrogens (tertiary/aromatic N) is 2. The molecule has 8 heteroatoms. The summed E-state index contributed by atoms with van der Waals surface area (Å²) in [4.78, 5) is 20.2. The van der Waals surface area contributed by atoms with E-state index in [0.29, 0.717) is 12.1 Å². The van der Waals surface area contributed by atoms with Crippen molar-refractivity contribution < 1.29 is 15.0 Å². The van der Waals surface area contributed by atoms with Gasteiger partial charge in [0.2, 0.25) is 0 Å². The van der Waals surface area contributed by atoms with Crippen molar-refractivity contribution in [2.24, 2.45) is 0 Å². The van der Waals surface area contributed by atoms with Gasteiger partial charge in [-0.05, 0) is 25.3 Å². The van der Waals surface area contributed by atoms with E-state index in [2.05, 4.69) is 5.32 Å². The molecule has 0 unspecified atom stereocenters. The van der Waals surface area contributed by atoms with Gasteiger partial charge >= 0.3 is 0 Å². The molecule has 8 nitrogen and oxygen atoms in total. The minimum Gasteiger partial charge on any atom is -0.389 e. The lowest BCUT2D eigenvalue weighted by molar-refractivity contribution is -0.394. The minimum atomic E-state index is -0.713. The Hall–Kier alpha value is -2.06. The van der Waals surface area contributed by atoms with Crippen LogP contribution >= 0.6 is 0 Å². The summed E-state index contributed by atoms with van der Waals surface area (Å²) in [5.74, 6) is 0. The Kier molecular flexibility index (Phi) is 3.96. The van der Waals surface area contributed by atoms with Crippen molar-refractivity contribution in [1.29, 1.82) is 0 Å². The fourth-order valence-corrected chi connectivity index (χ4v) is 2.18. The number of nitro benzene ring substituents is 2. The lowest BCUT2D eigenvalue weighted by Gasteiger charge is -2.36. The highest BCUT2D eigenvalue weighted by Crippen LogP contribution is 2.31. The molecule has 0 saturated heterocycles. The van der Waals surface area contributed by atoms with Crippen LogP contribution in [0.1, 0.15) is 24.8 Å². The summed E-state index contributed by atoms with van der Waals surface area (Å²) < 4.78 is 0. The Morgan fingerprint density at radius 3 is 2.45 bits per heavy atom. The number of rotatable bonds is 6. The molecule has 0 bridgehead atoms. The fraction of sp³-hybridized carbons (Fsp3) is 0.500. The van der Waals surface area contributed by atoms with Crippen molar-refractivity contribution in [3.05, 3.63) is 44.0 Å². The van der Waals surface area contributed by atoms with E-state index in [0.717, 1.165) is 25.3 Å². The third-order valence-electron chi connectivity index (χ3n) is 3.53. The molecule has 2 rings (SSSR count). The lowest BCUT2D eigenvalue weighted by Crippen LogP contribution is -2.46. The van der Waals surface area contributed by atoms with Crippen LogP contribution < -0.4 is 5.32 Å². The molecule has 0 radical (unpaired) electrons. The van der Waals surface area contributed by atoms with E-state index in [9.17, 15) is 25.3 Å². The normalized spacial score (nSPS) is 16.4. The highest BCUT2D eigenvalue weighted by atomic mass is 16.6. The maximum Gasteiger partial charge on any atom is 0.280 e. The van der Waals surface area contributed by atoms with Crippen LogP contribution in [0.3, 0.4) is 0 Å². The molecule has 20 heavy (non-hydrogen) atoms. The van der Waals surface area contributed by atoms with Crippen molar-refractivity contribution in [3.8, 4) is 0 Å². The predicted molar refractivity (Wildman–Crippen MR) is 70.3 cm³/mol. The highest BCUT2D eigenvalue weighted by Gasteiger charge is 2.33. The monoisotopic (exact) mass is 281 g/mol. The van der Waals surface area contributed by atoms with Crippen molar-refractivity contribution in [2.45, 2.75) is 31.4 Å². The van der Waals surface area contributed by atoms with Gasteiger partial charge in [-0.25, -0.2) is 0 Å². The predicted octanol–water partition coefficient (Wildman–Crippen LogP) is 1.51. The first kappa shape index (κ1) is 14.4. The summed E-state index contributed by atoms with van der Waals surface area (Å²) in [6.07, 6.45) is 2.43. The first-order valence-corrected chi connectivity index (χ1v) is 6.26. The largest absolute Gasteiger partial charge is 0.389 e. The summed E-state index contributed by atoms with van der Waals surface area (Å²) in [7, 11) is 0. The molecule has 108 valence electrons. The average molecular weight is 281 g/mol. The molecule has 0 spiro atoms. The minimum absolute atomic E-state index is 0.191. The molecule has 1 saturated carbocycles.